The molecule has 0 radical (unpaired) electrons. The van der Waals surface area contributed by atoms with Gasteiger partial charge >= 0.3 is 0 Å². The molecule has 0 amide bonds. The largest absolute Gasteiger partial charge is 0.308 e. The van der Waals surface area contributed by atoms with Crippen molar-refractivity contribution in [3.05, 3.63) is 151 Å². The van der Waals surface area contributed by atoms with Crippen LogP contribution in [-0.2, 0) is 0 Å². The normalized spacial score (nSPS) is 11.9. The summed E-state index contributed by atoms with van der Waals surface area (Å²) in [6, 6.07) is 54.7. The number of hydrogen-bond acceptors (Lipinski definition) is 2. The van der Waals surface area contributed by atoms with Gasteiger partial charge in [-0.05, 0) is 88.0 Å². The number of aromatic nitrogens is 1. The van der Waals surface area contributed by atoms with Gasteiger partial charge in [0.1, 0.15) is 0 Å². The predicted molar refractivity (Wildman–Crippen MR) is 195 cm³/mol. The van der Waals surface area contributed by atoms with E-state index in [4.69, 9.17) is 0 Å². The molecule has 0 bridgehead atoms. The van der Waals surface area contributed by atoms with E-state index in [0.717, 1.165) is 27.8 Å². The SMILES string of the molecule is N#Cc1cc(-c2cccc(-c3cc4c5ccccc5n5c6ccccc6c(c3)c45)c2)cc(-c2cccc3c2sc2ccccc23)c1. The number of thiophene rings is 1. The number of hydrogen-bond donors (Lipinski definition) is 0. The van der Waals surface area contributed by atoms with E-state index in [9.17, 15) is 5.26 Å². The third kappa shape index (κ3) is 3.56. The van der Waals surface area contributed by atoms with Crippen molar-refractivity contribution in [1.29, 1.82) is 5.26 Å². The Hall–Kier alpha value is -5.95. The third-order valence-corrected chi connectivity index (χ3v) is 10.7. The molecule has 3 heterocycles. The molecule has 2 nitrogen and oxygen atoms in total. The Morgan fingerprint density at radius 1 is 0.457 bits per heavy atom. The lowest BCUT2D eigenvalue weighted by Crippen LogP contribution is -1.87. The van der Waals surface area contributed by atoms with Gasteiger partial charge in [-0.2, -0.15) is 5.26 Å². The average molecular weight is 601 g/mol. The predicted octanol–water partition coefficient (Wildman–Crippen LogP) is 12.1. The van der Waals surface area contributed by atoms with Crippen LogP contribution in [0.2, 0.25) is 0 Å². The second-order valence-corrected chi connectivity index (χ2v) is 13.1. The van der Waals surface area contributed by atoms with Crippen molar-refractivity contribution in [1.82, 2.24) is 4.40 Å². The zero-order valence-corrected chi connectivity index (χ0v) is 25.5. The number of benzene rings is 7. The van der Waals surface area contributed by atoms with Crippen LogP contribution in [0.1, 0.15) is 5.56 Å². The second-order valence-electron chi connectivity index (χ2n) is 12.1. The molecule has 0 aliphatic carbocycles. The van der Waals surface area contributed by atoms with Crippen molar-refractivity contribution in [2.24, 2.45) is 0 Å². The van der Waals surface area contributed by atoms with Gasteiger partial charge in [-0.1, -0.05) is 91.0 Å². The summed E-state index contributed by atoms with van der Waals surface area (Å²) in [5.74, 6) is 0. The minimum absolute atomic E-state index is 0.662. The molecular weight excluding hydrogens is 577 g/mol. The summed E-state index contributed by atoms with van der Waals surface area (Å²) in [7, 11) is 0. The maximum atomic E-state index is 10.1. The molecule has 0 aliphatic heterocycles. The fraction of sp³-hybridized carbons (Fsp3) is 0. The first-order valence-electron chi connectivity index (χ1n) is 15.5. The van der Waals surface area contributed by atoms with Crippen LogP contribution in [-0.4, -0.2) is 4.40 Å². The van der Waals surface area contributed by atoms with Gasteiger partial charge in [-0.25, -0.2) is 0 Å². The molecule has 0 saturated heterocycles. The molecule has 212 valence electrons. The minimum Gasteiger partial charge on any atom is -0.308 e. The lowest BCUT2D eigenvalue weighted by atomic mass is 9.93. The molecule has 0 unspecified atom stereocenters. The van der Waals surface area contributed by atoms with Crippen LogP contribution in [0.4, 0.5) is 0 Å². The molecule has 0 spiro atoms. The van der Waals surface area contributed by atoms with Crippen LogP contribution in [0.3, 0.4) is 0 Å². The van der Waals surface area contributed by atoms with Gasteiger partial charge in [0.15, 0.2) is 0 Å². The van der Waals surface area contributed by atoms with Gasteiger partial charge in [0.2, 0.25) is 0 Å². The van der Waals surface area contributed by atoms with Gasteiger partial charge in [0.25, 0.3) is 0 Å². The number of nitrogens with zero attached hydrogens (tertiary/aromatic N) is 2. The maximum Gasteiger partial charge on any atom is 0.0992 e. The maximum absolute atomic E-state index is 10.1. The van der Waals surface area contributed by atoms with E-state index in [1.165, 1.54) is 63.8 Å². The Labute approximate surface area is 269 Å². The standard InChI is InChI=1S/C43H24N2S/c44-25-26-19-29(22-31(20-26)32-14-8-15-36-35-13-3-6-18-41(35)46-43(32)36)27-9-7-10-28(21-27)30-23-37-33-11-1-4-16-39(33)45-40-17-5-2-12-34(40)38(24-30)42(37)45/h1-24H. The van der Waals surface area contributed by atoms with Gasteiger partial charge in [0.05, 0.1) is 28.2 Å². The molecule has 0 aliphatic rings. The number of fused-ring (bicyclic) bond motifs is 9. The number of rotatable bonds is 3. The van der Waals surface area contributed by atoms with Gasteiger partial charge < -0.3 is 4.40 Å². The van der Waals surface area contributed by atoms with Crippen LogP contribution in [0.5, 0.6) is 0 Å². The molecule has 3 heteroatoms. The summed E-state index contributed by atoms with van der Waals surface area (Å²) in [5.41, 5.74) is 11.1. The summed E-state index contributed by atoms with van der Waals surface area (Å²) < 4.78 is 4.95. The van der Waals surface area contributed by atoms with Crippen LogP contribution < -0.4 is 0 Å². The summed E-state index contributed by atoms with van der Waals surface area (Å²) in [5, 5.41) is 17.7. The highest BCUT2D eigenvalue weighted by Crippen LogP contribution is 2.43. The van der Waals surface area contributed by atoms with E-state index in [1.54, 1.807) is 0 Å². The topological polar surface area (TPSA) is 28.2 Å². The first-order chi connectivity index (χ1) is 22.7. The molecule has 0 atom stereocenters. The first kappa shape index (κ1) is 25.4. The lowest BCUT2D eigenvalue weighted by Gasteiger charge is -2.11. The molecule has 7 aromatic carbocycles. The molecule has 0 fully saturated rings. The van der Waals surface area contributed by atoms with Gasteiger partial charge in [0, 0.05) is 41.7 Å². The van der Waals surface area contributed by atoms with E-state index in [2.05, 4.69) is 144 Å². The Bertz CT molecular complexity index is 2800. The minimum atomic E-state index is 0.662. The highest BCUT2D eigenvalue weighted by atomic mass is 32.1. The lowest BCUT2D eigenvalue weighted by molar-refractivity contribution is 1.37. The van der Waals surface area contributed by atoms with Crippen molar-refractivity contribution in [3.63, 3.8) is 0 Å². The van der Waals surface area contributed by atoms with Gasteiger partial charge in [-0.3, -0.25) is 0 Å². The molecular formula is C43H24N2S. The van der Waals surface area contributed by atoms with E-state index in [0.29, 0.717) is 5.56 Å². The molecule has 3 aromatic heterocycles. The van der Waals surface area contributed by atoms with Crippen LogP contribution in [0.15, 0.2) is 146 Å². The summed E-state index contributed by atoms with van der Waals surface area (Å²) >= 11 is 1.82. The second kappa shape index (κ2) is 9.52. The smallest absolute Gasteiger partial charge is 0.0992 e. The zero-order valence-electron chi connectivity index (χ0n) is 24.7. The summed E-state index contributed by atoms with van der Waals surface area (Å²) in [6.45, 7) is 0. The summed E-state index contributed by atoms with van der Waals surface area (Å²) in [6.07, 6.45) is 0. The Morgan fingerprint density at radius 3 is 1.74 bits per heavy atom. The highest BCUT2D eigenvalue weighted by molar-refractivity contribution is 7.26. The van der Waals surface area contributed by atoms with E-state index in [-0.39, 0.29) is 0 Å². The molecule has 0 saturated carbocycles. The number of para-hydroxylation sites is 2. The van der Waals surface area contributed by atoms with Crippen molar-refractivity contribution in [3.8, 4) is 39.4 Å². The van der Waals surface area contributed by atoms with E-state index < -0.39 is 0 Å². The van der Waals surface area contributed by atoms with Crippen LogP contribution >= 0.6 is 11.3 Å². The highest BCUT2D eigenvalue weighted by Gasteiger charge is 2.19. The van der Waals surface area contributed by atoms with Crippen molar-refractivity contribution >= 4 is 69.6 Å². The average Bonchev–Trinajstić information content (AvgIpc) is 3.78. The van der Waals surface area contributed by atoms with Crippen molar-refractivity contribution < 1.29 is 0 Å². The van der Waals surface area contributed by atoms with E-state index >= 15 is 0 Å². The van der Waals surface area contributed by atoms with Crippen molar-refractivity contribution in [2.75, 3.05) is 0 Å². The Morgan fingerprint density at radius 2 is 1.02 bits per heavy atom. The number of nitriles is 1. The quantitative estimate of drug-likeness (QED) is 0.198. The third-order valence-electron chi connectivity index (χ3n) is 9.51. The Kier molecular flexibility index (Phi) is 5.26. The zero-order chi connectivity index (χ0) is 30.4. The fourth-order valence-electron chi connectivity index (χ4n) is 7.48. The van der Waals surface area contributed by atoms with Crippen LogP contribution in [0, 0.1) is 11.3 Å². The monoisotopic (exact) mass is 600 g/mol. The van der Waals surface area contributed by atoms with Crippen molar-refractivity contribution in [2.45, 2.75) is 0 Å². The van der Waals surface area contributed by atoms with E-state index in [1.807, 2.05) is 23.5 Å². The first-order valence-corrected chi connectivity index (χ1v) is 16.3. The molecule has 0 N–H and O–H groups in total. The molecule has 10 aromatic rings. The molecule has 10 rings (SSSR count). The molecule has 46 heavy (non-hydrogen) atoms. The fourth-order valence-corrected chi connectivity index (χ4v) is 8.72. The van der Waals surface area contributed by atoms with Gasteiger partial charge in [-0.15, -0.1) is 11.3 Å². The summed E-state index contributed by atoms with van der Waals surface area (Å²) in [4.78, 5) is 0. The van der Waals surface area contributed by atoms with Crippen LogP contribution in [0.25, 0.3) is 91.6 Å². The Balaban J connectivity index is 1.16.